The van der Waals surface area contributed by atoms with E-state index in [2.05, 4.69) is 30.2 Å². The number of thiol groups is 1. The first-order valence-electron chi connectivity index (χ1n) is 13.0. The molecular weight excluding hydrogens is 498 g/mol. The van der Waals surface area contributed by atoms with Crippen LogP contribution in [0, 0.1) is 13.8 Å². The van der Waals surface area contributed by atoms with E-state index in [-0.39, 0.29) is 11.7 Å². The van der Waals surface area contributed by atoms with Gasteiger partial charge in [0.25, 0.3) is 5.91 Å². The van der Waals surface area contributed by atoms with E-state index in [1.54, 1.807) is 20.8 Å². The third-order valence-electron chi connectivity index (χ3n) is 6.07. The Labute approximate surface area is 233 Å². The fourth-order valence-corrected chi connectivity index (χ4v) is 4.45. The predicted molar refractivity (Wildman–Crippen MR) is 157 cm³/mol. The number of benzene rings is 2. The van der Waals surface area contributed by atoms with E-state index in [1.807, 2.05) is 77.1 Å². The maximum absolute atomic E-state index is 14.1. The molecule has 0 saturated carbocycles. The average molecular weight is 542 g/mol. The highest BCUT2D eigenvalue weighted by Crippen LogP contribution is 2.32. The van der Waals surface area contributed by atoms with Gasteiger partial charge in [-0.15, -0.1) is 0 Å². The predicted octanol–water partition coefficient (Wildman–Crippen LogP) is 6.00. The monoisotopic (exact) mass is 541 g/mol. The Bertz CT molecular complexity index is 1110. The number of ether oxygens (including phenoxy) is 1. The van der Waals surface area contributed by atoms with Gasteiger partial charge in [-0.25, -0.2) is 4.79 Å². The summed E-state index contributed by atoms with van der Waals surface area (Å²) < 4.78 is 5.37. The molecule has 38 heavy (non-hydrogen) atoms. The number of nitrogens with one attached hydrogen (secondary N) is 2. The van der Waals surface area contributed by atoms with Gasteiger partial charge >= 0.3 is 6.09 Å². The lowest BCUT2D eigenvalue weighted by atomic mass is 9.94. The molecule has 0 bridgehead atoms. The first kappa shape index (κ1) is 31.2. The normalized spacial score (nSPS) is 13.3. The molecule has 0 saturated heterocycles. The van der Waals surface area contributed by atoms with E-state index in [1.165, 1.54) is 4.90 Å². The molecule has 0 aliphatic heterocycles. The summed E-state index contributed by atoms with van der Waals surface area (Å²) in [6.07, 6.45) is 0.130. The van der Waals surface area contributed by atoms with Crippen LogP contribution in [0.25, 0.3) is 0 Å². The van der Waals surface area contributed by atoms with Gasteiger partial charge in [0.1, 0.15) is 17.7 Å². The minimum absolute atomic E-state index is 0.0324. The van der Waals surface area contributed by atoms with Crippen LogP contribution in [-0.4, -0.2) is 45.7 Å². The molecular formula is C30H43N3O4S. The Balaban J connectivity index is 2.58. The van der Waals surface area contributed by atoms with Crippen LogP contribution in [0.5, 0.6) is 0 Å². The number of alkyl carbamates (subject to hydrolysis) is 1. The zero-order valence-electron chi connectivity index (χ0n) is 24.1. The summed E-state index contributed by atoms with van der Waals surface area (Å²) in [6.45, 7) is 16.8. The second-order valence-corrected chi connectivity index (χ2v) is 11.9. The van der Waals surface area contributed by atoms with Gasteiger partial charge in [0.2, 0.25) is 5.91 Å². The number of carbonyl (C=O) groups is 3. The number of amides is 3. The number of aryl methyl sites for hydroxylation is 3. The number of carbonyl (C=O) groups excluding carboxylic acids is 3. The number of hydrogen-bond donors (Lipinski definition) is 3. The van der Waals surface area contributed by atoms with Gasteiger partial charge in [-0.1, -0.05) is 49.4 Å². The van der Waals surface area contributed by atoms with Gasteiger partial charge in [-0.2, -0.15) is 12.6 Å². The second-order valence-electron chi connectivity index (χ2n) is 11.5. The summed E-state index contributed by atoms with van der Waals surface area (Å²) in [4.78, 5) is 42.2. The van der Waals surface area contributed by atoms with Crippen LogP contribution in [0.1, 0.15) is 76.8 Å². The van der Waals surface area contributed by atoms with Gasteiger partial charge < -0.3 is 20.3 Å². The molecule has 2 atom stereocenters. The van der Waals surface area contributed by atoms with Crippen LogP contribution in [0.15, 0.2) is 42.5 Å². The third kappa shape index (κ3) is 8.25. The van der Waals surface area contributed by atoms with Crippen molar-refractivity contribution in [3.05, 3.63) is 64.7 Å². The summed E-state index contributed by atoms with van der Waals surface area (Å²) in [6, 6.07) is 11.5. The van der Waals surface area contributed by atoms with Gasteiger partial charge in [0.05, 0.1) is 0 Å². The van der Waals surface area contributed by atoms with E-state index < -0.39 is 35.2 Å². The summed E-state index contributed by atoms with van der Waals surface area (Å²) in [5.74, 6) is -0.741. The van der Waals surface area contributed by atoms with E-state index in [4.69, 9.17) is 4.74 Å². The van der Waals surface area contributed by atoms with Crippen molar-refractivity contribution in [2.45, 2.75) is 92.0 Å². The van der Waals surface area contributed by atoms with Crippen molar-refractivity contribution >= 4 is 36.2 Å². The first-order valence-corrected chi connectivity index (χ1v) is 13.6. The topological polar surface area (TPSA) is 87.7 Å². The highest BCUT2D eigenvalue weighted by molar-refractivity contribution is 7.80. The molecule has 2 unspecified atom stereocenters. The zero-order chi connectivity index (χ0) is 28.8. The van der Waals surface area contributed by atoms with Crippen LogP contribution in [0.3, 0.4) is 0 Å². The third-order valence-corrected chi connectivity index (χ3v) is 6.44. The molecule has 0 aromatic heterocycles. The molecule has 2 aromatic carbocycles. The molecule has 0 spiro atoms. The lowest BCUT2D eigenvalue weighted by Gasteiger charge is -2.43. The minimum atomic E-state index is -1.00. The van der Waals surface area contributed by atoms with E-state index >= 15 is 0 Å². The van der Waals surface area contributed by atoms with Crippen molar-refractivity contribution in [2.24, 2.45) is 0 Å². The Morgan fingerprint density at radius 1 is 0.947 bits per heavy atom. The van der Waals surface area contributed by atoms with Gasteiger partial charge in [0.15, 0.2) is 0 Å². The number of nitrogens with zero attached hydrogens (tertiary/aromatic N) is 1. The molecule has 2 aromatic rings. The molecule has 208 valence electrons. The molecule has 0 aliphatic rings. The van der Waals surface area contributed by atoms with Crippen molar-refractivity contribution in [3.8, 4) is 0 Å². The molecule has 2 N–H and O–H groups in total. The number of para-hydroxylation sites is 1. The summed E-state index contributed by atoms with van der Waals surface area (Å²) in [7, 11) is 0. The fourth-order valence-electron chi connectivity index (χ4n) is 4.20. The Hall–Kier alpha value is -3.00. The minimum Gasteiger partial charge on any atom is -0.444 e. The summed E-state index contributed by atoms with van der Waals surface area (Å²) in [5.41, 5.74) is 2.85. The maximum Gasteiger partial charge on any atom is 0.408 e. The number of anilines is 1. The molecule has 0 fully saturated rings. The standard InChI is InChI=1S/C30H43N3O4S/c1-10-21-14-16-22(17-15-21)25(26(34)32-24-19(2)12-11-13-20(24)3)33(29(4,5)6)27(35)23(18-38)31-28(36)37-30(7,8)9/h11-17,23,25,38H,10,18H2,1-9H3,(H,31,36)(H,32,34). The highest BCUT2D eigenvalue weighted by atomic mass is 32.1. The van der Waals surface area contributed by atoms with E-state index in [9.17, 15) is 14.4 Å². The van der Waals surface area contributed by atoms with E-state index in [0.717, 1.165) is 23.1 Å². The fraction of sp³-hybridized carbons (Fsp3) is 0.500. The van der Waals surface area contributed by atoms with Crippen molar-refractivity contribution in [2.75, 3.05) is 11.1 Å². The zero-order valence-corrected chi connectivity index (χ0v) is 25.0. The van der Waals surface area contributed by atoms with Gasteiger partial charge in [-0.05, 0) is 84.1 Å². The molecule has 0 heterocycles. The largest absolute Gasteiger partial charge is 0.444 e. The van der Waals surface area contributed by atoms with E-state index in [0.29, 0.717) is 11.3 Å². The quantitative estimate of drug-likeness (QED) is 0.358. The second kappa shape index (κ2) is 12.7. The Morgan fingerprint density at radius 3 is 1.95 bits per heavy atom. The van der Waals surface area contributed by atoms with Crippen LogP contribution in [0.2, 0.25) is 0 Å². The van der Waals surface area contributed by atoms with Crippen LogP contribution >= 0.6 is 12.6 Å². The molecule has 2 rings (SSSR count). The number of rotatable bonds is 8. The molecule has 0 radical (unpaired) electrons. The Kier molecular flexibility index (Phi) is 10.4. The molecule has 3 amide bonds. The highest BCUT2D eigenvalue weighted by Gasteiger charge is 2.41. The first-order chi connectivity index (χ1) is 17.6. The average Bonchev–Trinajstić information content (AvgIpc) is 2.81. The molecule has 8 heteroatoms. The van der Waals surface area contributed by atoms with Crippen LogP contribution in [0.4, 0.5) is 10.5 Å². The van der Waals surface area contributed by atoms with Crippen molar-refractivity contribution < 1.29 is 19.1 Å². The molecule has 0 aliphatic carbocycles. The lowest BCUT2D eigenvalue weighted by molar-refractivity contribution is -0.146. The van der Waals surface area contributed by atoms with Gasteiger partial charge in [0, 0.05) is 17.0 Å². The molecule has 7 nitrogen and oxygen atoms in total. The Morgan fingerprint density at radius 2 is 1.50 bits per heavy atom. The van der Waals surface area contributed by atoms with Gasteiger partial charge in [-0.3, -0.25) is 9.59 Å². The summed E-state index contributed by atoms with van der Waals surface area (Å²) in [5, 5.41) is 5.72. The van der Waals surface area contributed by atoms with Crippen LogP contribution < -0.4 is 10.6 Å². The summed E-state index contributed by atoms with van der Waals surface area (Å²) >= 11 is 4.35. The van der Waals surface area contributed by atoms with Crippen molar-refractivity contribution in [1.29, 1.82) is 0 Å². The maximum atomic E-state index is 14.1. The van der Waals surface area contributed by atoms with Crippen molar-refractivity contribution in [1.82, 2.24) is 10.2 Å². The number of hydrogen-bond acceptors (Lipinski definition) is 5. The van der Waals surface area contributed by atoms with Crippen molar-refractivity contribution in [3.63, 3.8) is 0 Å². The smallest absolute Gasteiger partial charge is 0.408 e. The van der Waals surface area contributed by atoms with Crippen LogP contribution in [-0.2, 0) is 20.7 Å². The lowest BCUT2D eigenvalue weighted by Crippen LogP contribution is -2.58. The SMILES string of the molecule is CCc1ccc(C(C(=O)Nc2c(C)cccc2C)N(C(=O)C(CS)NC(=O)OC(C)(C)C)C(C)(C)C)cc1.